The second-order valence-corrected chi connectivity index (χ2v) is 7.43. The molecule has 2 rings (SSSR count). The molecule has 0 bridgehead atoms. The van der Waals surface area contributed by atoms with Crippen LogP contribution in [0.4, 0.5) is 0 Å². The molecule has 1 aromatic heterocycles. The number of halogens is 1. The van der Waals surface area contributed by atoms with Crippen LogP contribution in [0.2, 0.25) is 0 Å². The van der Waals surface area contributed by atoms with Crippen LogP contribution in [0.5, 0.6) is 0 Å². The van der Waals surface area contributed by atoms with E-state index < -0.39 is 0 Å². The lowest BCUT2D eigenvalue weighted by atomic mass is 9.85. The Bertz CT molecular complexity index is 537. The highest BCUT2D eigenvalue weighted by molar-refractivity contribution is 9.11. The van der Waals surface area contributed by atoms with E-state index in [-0.39, 0.29) is 5.41 Å². The van der Waals surface area contributed by atoms with Crippen molar-refractivity contribution in [1.29, 1.82) is 0 Å². The van der Waals surface area contributed by atoms with E-state index in [1.165, 1.54) is 16.7 Å². The summed E-state index contributed by atoms with van der Waals surface area (Å²) in [6, 6.07) is 6.65. The highest BCUT2D eigenvalue weighted by Crippen LogP contribution is 2.35. The summed E-state index contributed by atoms with van der Waals surface area (Å²) in [5, 5.41) is 0. The second-order valence-electron chi connectivity index (χ2n) is 5.25. The van der Waals surface area contributed by atoms with Crippen molar-refractivity contribution in [2.24, 2.45) is 0 Å². The van der Waals surface area contributed by atoms with Crippen molar-refractivity contribution in [2.45, 2.75) is 33.1 Å². The quantitative estimate of drug-likeness (QED) is 0.707. The first kappa shape index (κ1) is 12.8. The molecule has 0 fully saturated rings. The number of aromatic nitrogens is 1. The Balaban J connectivity index is 2.58. The third kappa shape index (κ3) is 2.61. The van der Waals surface area contributed by atoms with Crippen LogP contribution in [0.1, 0.15) is 31.9 Å². The Morgan fingerprint density at radius 2 is 1.94 bits per heavy atom. The molecule has 0 aliphatic heterocycles. The fourth-order valence-electron chi connectivity index (χ4n) is 1.75. The Kier molecular flexibility index (Phi) is 3.41. The molecule has 2 aromatic rings. The molecule has 0 radical (unpaired) electrons. The maximum atomic E-state index is 4.44. The minimum Gasteiger partial charge on any atom is -0.243 e. The molecule has 17 heavy (non-hydrogen) atoms. The number of hydrogen-bond donors (Lipinski definition) is 0. The summed E-state index contributed by atoms with van der Waals surface area (Å²) in [5.41, 5.74) is 6.94. The first-order chi connectivity index (χ1) is 7.89. The number of aryl methyl sites for hydroxylation is 1. The molecule has 0 unspecified atom stereocenters. The summed E-state index contributed by atoms with van der Waals surface area (Å²) >= 11 is 5.20. The number of nitrogens with zero attached hydrogens (tertiary/aromatic N) is 1. The van der Waals surface area contributed by atoms with E-state index in [0.29, 0.717) is 0 Å². The van der Waals surface area contributed by atoms with E-state index in [1.54, 1.807) is 11.3 Å². The Morgan fingerprint density at radius 1 is 1.24 bits per heavy atom. The van der Waals surface area contributed by atoms with Crippen molar-refractivity contribution in [3.63, 3.8) is 0 Å². The van der Waals surface area contributed by atoms with Crippen LogP contribution < -0.4 is 0 Å². The summed E-state index contributed by atoms with van der Waals surface area (Å²) in [5.74, 6) is 0. The normalized spacial score (nSPS) is 11.8. The van der Waals surface area contributed by atoms with Gasteiger partial charge in [0.15, 0.2) is 0 Å². The summed E-state index contributed by atoms with van der Waals surface area (Å²) in [6.07, 6.45) is 0. The Hall–Kier alpha value is -0.670. The van der Waals surface area contributed by atoms with Gasteiger partial charge in [0, 0.05) is 5.56 Å². The fraction of sp³-hybridized carbons (Fsp3) is 0.357. The number of hydrogen-bond acceptors (Lipinski definition) is 2. The number of thiazole rings is 1. The van der Waals surface area contributed by atoms with Gasteiger partial charge in [-0.1, -0.05) is 32.9 Å². The third-order valence-electron chi connectivity index (χ3n) is 2.88. The smallest absolute Gasteiger partial charge is 0.0976 e. The zero-order chi connectivity index (χ0) is 12.6. The third-order valence-corrected chi connectivity index (χ3v) is 4.43. The average Bonchev–Trinajstić information content (AvgIpc) is 2.63. The lowest BCUT2D eigenvalue weighted by molar-refractivity contribution is 0.590. The van der Waals surface area contributed by atoms with Gasteiger partial charge in [0.25, 0.3) is 0 Å². The van der Waals surface area contributed by atoms with Gasteiger partial charge in [-0.3, -0.25) is 0 Å². The van der Waals surface area contributed by atoms with Gasteiger partial charge in [0.1, 0.15) is 0 Å². The summed E-state index contributed by atoms with van der Waals surface area (Å²) in [7, 11) is 0. The molecule has 90 valence electrons. The highest BCUT2D eigenvalue weighted by Gasteiger charge is 2.17. The van der Waals surface area contributed by atoms with E-state index in [4.69, 9.17) is 0 Å². The van der Waals surface area contributed by atoms with Crippen molar-refractivity contribution in [1.82, 2.24) is 4.98 Å². The van der Waals surface area contributed by atoms with Crippen molar-refractivity contribution in [3.8, 4) is 11.3 Å². The van der Waals surface area contributed by atoms with E-state index in [2.05, 4.69) is 66.8 Å². The zero-order valence-corrected chi connectivity index (χ0v) is 12.9. The molecule has 1 heterocycles. The lowest BCUT2D eigenvalue weighted by Gasteiger charge is -2.20. The summed E-state index contributed by atoms with van der Waals surface area (Å²) in [6.45, 7) is 8.83. The molecule has 3 heteroatoms. The predicted octanol–water partition coefficient (Wildman–Crippen LogP) is 5.18. The van der Waals surface area contributed by atoms with Crippen molar-refractivity contribution in [2.75, 3.05) is 0 Å². The molecule has 0 atom stereocenters. The minimum atomic E-state index is 0.172. The average molecular weight is 310 g/mol. The monoisotopic (exact) mass is 309 g/mol. The van der Waals surface area contributed by atoms with Crippen LogP contribution in [-0.2, 0) is 5.41 Å². The fourth-order valence-corrected chi connectivity index (χ4v) is 2.84. The Morgan fingerprint density at radius 3 is 2.47 bits per heavy atom. The van der Waals surface area contributed by atoms with Crippen LogP contribution in [0.25, 0.3) is 11.3 Å². The van der Waals surface area contributed by atoms with Crippen molar-refractivity contribution < 1.29 is 0 Å². The van der Waals surface area contributed by atoms with E-state index in [0.717, 1.165) is 9.48 Å². The molecule has 0 aliphatic rings. The summed E-state index contributed by atoms with van der Waals surface area (Å²) in [4.78, 5) is 4.44. The lowest BCUT2D eigenvalue weighted by Crippen LogP contribution is -2.11. The van der Waals surface area contributed by atoms with Gasteiger partial charge in [0.05, 0.1) is 15.0 Å². The van der Waals surface area contributed by atoms with Crippen molar-refractivity contribution in [3.05, 3.63) is 38.6 Å². The molecule has 0 N–H and O–H groups in total. The van der Waals surface area contributed by atoms with E-state index in [9.17, 15) is 0 Å². The van der Waals surface area contributed by atoms with E-state index >= 15 is 0 Å². The maximum absolute atomic E-state index is 4.44. The summed E-state index contributed by atoms with van der Waals surface area (Å²) < 4.78 is 1.10. The largest absolute Gasteiger partial charge is 0.243 e. The maximum Gasteiger partial charge on any atom is 0.0976 e. The van der Waals surface area contributed by atoms with Gasteiger partial charge in [0.2, 0.25) is 0 Å². The van der Waals surface area contributed by atoms with Crippen LogP contribution in [0.15, 0.2) is 27.5 Å². The molecule has 1 nitrogen and oxygen atoms in total. The predicted molar refractivity (Wildman–Crippen MR) is 78.7 cm³/mol. The van der Waals surface area contributed by atoms with Crippen molar-refractivity contribution >= 4 is 27.3 Å². The molecule has 0 amide bonds. The van der Waals surface area contributed by atoms with Gasteiger partial charge >= 0.3 is 0 Å². The first-order valence-corrected chi connectivity index (χ1v) is 7.27. The van der Waals surface area contributed by atoms with E-state index in [1.807, 2.05) is 5.51 Å². The van der Waals surface area contributed by atoms with Gasteiger partial charge in [-0.05, 0) is 45.5 Å². The second kappa shape index (κ2) is 4.54. The van der Waals surface area contributed by atoms with Crippen LogP contribution >= 0.6 is 27.3 Å². The molecular formula is C14H16BrNS. The van der Waals surface area contributed by atoms with Crippen LogP contribution in [0, 0.1) is 6.92 Å². The van der Waals surface area contributed by atoms with Gasteiger partial charge in [-0.2, -0.15) is 0 Å². The standard InChI is InChI=1S/C14H16BrNS/c1-9-5-6-10(14(2,3)4)7-11(9)12-13(15)17-8-16-12/h5-8H,1-4H3. The molecule has 1 aromatic carbocycles. The molecule has 0 spiro atoms. The number of benzene rings is 1. The zero-order valence-electron chi connectivity index (χ0n) is 10.5. The molecule has 0 aliphatic carbocycles. The van der Waals surface area contributed by atoms with Crippen LogP contribution in [0.3, 0.4) is 0 Å². The van der Waals surface area contributed by atoms with Gasteiger partial charge < -0.3 is 0 Å². The topological polar surface area (TPSA) is 12.9 Å². The minimum absolute atomic E-state index is 0.172. The number of rotatable bonds is 1. The molecular weight excluding hydrogens is 294 g/mol. The first-order valence-electron chi connectivity index (χ1n) is 5.60. The molecule has 0 saturated heterocycles. The SMILES string of the molecule is Cc1ccc(C(C)(C)C)cc1-c1ncsc1Br. The Labute approximate surface area is 115 Å². The van der Waals surface area contributed by atoms with Gasteiger partial charge in [-0.15, -0.1) is 11.3 Å². The molecule has 0 saturated carbocycles. The van der Waals surface area contributed by atoms with Crippen LogP contribution in [-0.4, -0.2) is 4.98 Å². The van der Waals surface area contributed by atoms with Gasteiger partial charge in [-0.25, -0.2) is 4.98 Å². The highest BCUT2D eigenvalue weighted by atomic mass is 79.9.